The van der Waals surface area contributed by atoms with E-state index in [0.717, 1.165) is 0 Å². The molecule has 0 aliphatic heterocycles. The first-order valence-electron chi connectivity index (χ1n) is 5.04. The summed E-state index contributed by atoms with van der Waals surface area (Å²) in [4.78, 5) is -0.127. The highest BCUT2D eigenvalue weighted by Crippen LogP contribution is 2.24. The van der Waals surface area contributed by atoms with Gasteiger partial charge in [-0.1, -0.05) is 15.9 Å². The van der Waals surface area contributed by atoms with Crippen LogP contribution in [0.5, 0.6) is 0 Å². The number of anilines is 1. The van der Waals surface area contributed by atoms with Gasteiger partial charge in [0, 0.05) is 4.47 Å². The van der Waals surface area contributed by atoms with Gasteiger partial charge in [0.15, 0.2) is 9.84 Å². The number of alkyl halides is 3. The summed E-state index contributed by atoms with van der Waals surface area (Å²) in [6.07, 6.45) is -4.47. The Morgan fingerprint density at radius 2 is 1.95 bits per heavy atom. The molecule has 19 heavy (non-hydrogen) atoms. The normalized spacial score (nSPS) is 12.6. The number of halogens is 4. The highest BCUT2D eigenvalue weighted by Gasteiger charge is 2.28. The number of sulfone groups is 1. The summed E-state index contributed by atoms with van der Waals surface area (Å²) in [6.45, 7) is -2.02. The maximum absolute atomic E-state index is 11.9. The zero-order chi connectivity index (χ0) is 14.7. The molecule has 9 heteroatoms. The molecule has 0 aliphatic carbocycles. The second-order valence-corrected chi connectivity index (χ2v) is 6.66. The molecule has 4 nitrogen and oxygen atoms in total. The van der Waals surface area contributed by atoms with Crippen molar-refractivity contribution in [3.05, 3.63) is 22.7 Å². The van der Waals surface area contributed by atoms with Crippen molar-refractivity contribution in [1.29, 1.82) is 0 Å². The quantitative estimate of drug-likeness (QED) is 0.645. The van der Waals surface area contributed by atoms with Crippen molar-refractivity contribution in [2.45, 2.75) is 11.1 Å². The Morgan fingerprint density at radius 3 is 2.53 bits per heavy atom. The molecule has 108 valence electrons. The summed E-state index contributed by atoms with van der Waals surface area (Å²) >= 11 is 3.10. The molecule has 0 aliphatic rings. The van der Waals surface area contributed by atoms with Crippen molar-refractivity contribution < 1.29 is 26.3 Å². The molecule has 0 heterocycles. The summed E-state index contributed by atoms with van der Waals surface area (Å²) in [7, 11) is -3.78. The minimum absolute atomic E-state index is 0.0408. The van der Waals surface area contributed by atoms with Crippen molar-refractivity contribution in [2.75, 3.05) is 24.7 Å². The number of nitrogens with two attached hydrogens (primary N) is 1. The maximum atomic E-state index is 11.9. The first-order chi connectivity index (χ1) is 8.62. The van der Waals surface area contributed by atoms with Gasteiger partial charge in [0.1, 0.15) is 6.61 Å². The number of ether oxygens (including phenoxy) is 1. The lowest BCUT2D eigenvalue weighted by molar-refractivity contribution is -0.172. The van der Waals surface area contributed by atoms with E-state index in [2.05, 4.69) is 20.7 Å². The second-order valence-electron chi connectivity index (χ2n) is 3.67. The van der Waals surface area contributed by atoms with Gasteiger partial charge in [-0.15, -0.1) is 0 Å². The highest BCUT2D eigenvalue weighted by atomic mass is 79.9. The van der Waals surface area contributed by atoms with Crippen molar-refractivity contribution in [3.8, 4) is 0 Å². The van der Waals surface area contributed by atoms with Crippen LogP contribution in [0.25, 0.3) is 0 Å². The van der Waals surface area contributed by atoms with Crippen LogP contribution in [-0.2, 0) is 14.6 Å². The zero-order valence-corrected chi connectivity index (χ0v) is 12.0. The predicted molar refractivity (Wildman–Crippen MR) is 67.5 cm³/mol. The first kappa shape index (κ1) is 16.3. The number of hydrogen-bond acceptors (Lipinski definition) is 4. The van der Waals surface area contributed by atoms with Crippen LogP contribution >= 0.6 is 15.9 Å². The molecule has 0 atom stereocenters. The molecule has 1 aromatic rings. The summed E-state index contributed by atoms with van der Waals surface area (Å²) < 4.78 is 64.0. The third kappa shape index (κ3) is 5.37. The van der Waals surface area contributed by atoms with Crippen LogP contribution in [0.2, 0.25) is 0 Å². The fraction of sp³-hybridized carbons (Fsp3) is 0.400. The molecular formula is C10H11BrF3NO3S. The van der Waals surface area contributed by atoms with Crippen LogP contribution in [-0.4, -0.2) is 33.6 Å². The molecule has 0 unspecified atom stereocenters. The largest absolute Gasteiger partial charge is 0.411 e. The standard InChI is InChI=1S/C10H11BrF3NO3S/c11-7-1-2-8(15)9(5-7)19(16,17)4-3-18-6-10(12,13)14/h1-2,5H,3-4,6,15H2. The number of benzene rings is 1. The fourth-order valence-electron chi connectivity index (χ4n) is 1.24. The zero-order valence-electron chi connectivity index (χ0n) is 9.58. The van der Waals surface area contributed by atoms with Gasteiger partial charge >= 0.3 is 6.18 Å². The van der Waals surface area contributed by atoms with Crippen molar-refractivity contribution >= 4 is 31.5 Å². The summed E-state index contributed by atoms with van der Waals surface area (Å²) in [5.41, 5.74) is 5.57. The van der Waals surface area contributed by atoms with Gasteiger partial charge in [-0.05, 0) is 18.2 Å². The summed E-state index contributed by atoms with van der Waals surface area (Å²) in [5.74, 6) is -0.566. The number of rotatable bonds is 5. The topological polar surface area (TPSA) is 69.4 Å². The molecular weight excluding hydrogens is 351 g/mol. The molecule has 0 saturated carbocycles. The van der Waals surface area contributed by atoms with E-state index in [0.29, 0.717) is 4.47 Å². The van der Waals surface area contributed by atoms with Gasteiger partial charge in [0.05, 0.1) is 22.9 Å². The smallest absolute Gasteiger partial charge is 0.398 e. The van der Waals surface area contributed by atoms with E-state index in [1.165, 1.54) is 12.1 Å². The second kappa shape index (κ2) is 6.10. The van der Waals surface area contributed by atoms with Crippen LogP contribution in [0.1, 0.15) is 0 Å². The first-order valence-corrected chi connectivity index (χ1v) is 7.48. The van der Waals surface area contributed by atoms with E-state index < -0.39 is 35.0 Å². The average Bonchev–Trinajstić information content (AvgIpc) is 2.26. The minimum atomic E-state index is -4.47. The molecule has 0 saturated heterocycles. The van der Waals surface area contributed by atoms with E-state index in [1.54, 1.807) is 6.07 Å². The Labute approximate surface area is 116 Å². The van der Waals surface area contributed by atoms with E-state index >= 15 is 0 Å². The van der Waals surface area contributed by atoms with Gasteiger partial charge in [-0.2, -0.15) is 13.2 Å². The van der Waals surface area contributed by atoms with Crippen molar-refractivity contribution in [2.24, 2.45) is 0 Å². The Balaban J connectivity index is 2.69. The Hall–Kier alpha value is -0.800. The van der Waals surface area contributed by atoms with E-state index in [-0.39, 0.29) is 10.6 Å². The third-order valence-corrected chi connectivity index (χ3v) is 4.29. The molecule has 0 bridgehead atoms. The number of hydrogen-bond donors (Lipinski definition) is 1. The van der Waals surface area contributed by atoms with E-state index in [4.69, 9.17) is 5.73 Å². The minimum Gasteiger partial charge on any atom is -0.398 e. The molecule has 1 aromatic carbocycles. The molecule has 0 spiro atoms. The molecule has 2 N–H and O–H groups in total. The van der Waals surface area contributed by atoms with Crippen LogP contribution in [0.3, 0.4) is 0 Å². The van der Waals surface area contributed by atoms with Gasteiger partial charge in [0.25, 0.3) is 0 Å². The fourth-order valence-corrected chi connectivity index (χ4v) is 3.05. The van der Waals surface area contributed by atoms with Crippen LogP contribution in [0.15, 0.2) is 27.6 Å². The lowest BCUT2D eigenvalue weighted by Crippen LogP contribution is -2.21. The van der Waals surface area contributed by atoms with Gasteiger partial charge in [-0.3, -0.25) is 0 Å². The van der Waals surface area contributed by atoms with Crippen LogP contribution < -0.4 is 5.73 Å². The Morgan fingerprint density at radius 1 is 1.32 bits per heavy atom. The monoisotopic (exact) mass is 361 g/mol. The lowest BCUT2D eigenvalue weighted by Gasteiger charge is -2.10. The van der Waals surface area contributed by atoms with Gasteiger partial charge < -0.3 is 10.5 Å². The SMILES string of the molecule is Nc1ccc(Br)cc1S(=O)(=O)CCOCC(F)(F)F. The summed E-state index contributed by atoms with van der Waals surface area (Å²) in [5, 5.41) is 0. The average molecular weight is 362 g/mol. The van der Waals surface area contributed by atoms with Crippen molar-refractivity contribution in [1.82, 2.24) is 0 Å². The Bertz CT molecular complexity index is 545. The van der Waals surface area contributed by atoms with Gasteiger partial charge in [0.2, 0.25) is 0 Å². The molecule has 0 fully saturated rings. The summed E-state index contributed by atoms with van der Waals surface area (Å²) in [6, 6.07) is 4.26. The third-order valence-electron chi connectivity index (χ3n) is 2.07. The molecule has 0 aromatic heterocycles. The van der Waals surface area contributed by atoms with E-state index in [9.17, 15) is 21.6 Å². The molecule has 0 radical (unpaired) electrons. The Kier molecular flexibility index (Phi) is 5.22. The predicted octanol–water partition coefficient (Wildman–Crippen LogP) is 2.38. The van der Waals surface area contributed by atoms with Crippen molar-refractivity contribution in [3.63, 3.8) is 0 Å². The van der Waals surface area contributed by atoms with Crippen LogP contribution in [0, 0.1) is 0 Å². The van der Waals surface area contributed by atoms with Gasteiger partial charge in [-0.25, -0.2) is 8.42 Å². The lowest BCUT2D eigenvalue weighted by atomic mass is 10.3. The number of nitrogen functional groups attached to an aromatic ring is 1. The molecule has 1 rings (SSSR count). The van der Waals surface area contributed by atoms with Crippen LogP contribution in [0.4, 0.5) is 18.9 Å². The highest BCUT2D eigenvalue weighted by molar-refractivity contribution is 9.10. The maximum Gasteiger partial charge on any atom is 0.411 e. The molecule has 0 amide bonds. The van der Waals surface area contributed by atoms with E-state index in [1.807, 2.05) is 0 Å².